The van der Waals surface area contributed by atoms with Crippen LogP contribution >= 0.6 is 0 Å². The fourth-order valence-corrected chi connectivity index (χ4v) is 3.02. The number of nitrogens with zero attached hydrogens (tertiary/aromatic N) is 1. The van der Waals surface area contributed by atoms with Gasteiger partial charge in [-0.05, 0) is 37.1 Å². The zero-order valence-electron chi connectivity index (χ0n) is 12.5. The van der Waals surface area contributed by atoms with Crippen molar-refractivity contribution >= 4 is 17.3 Å². The number of nitrogens with one attached hydrogen (secondary N) is 1. The Hall–Kier alpha value is -2.49. The number of anilines is 2. The van der Waals surface area contributed by atoms with Gasteiger partial charge < -0.3 is 16.0 Å². The standard InChI is InChI=1S/C18H21N3O/c19-17(22)18(20-15-7-3-1-4-8-15)11-13-21(14-12-18)16-9-5-2-6-10-16/h1-10,20H,11-14H2,(H2,19,22). The predicted molar refractivity (Wildman–Crippen MR) is 89.9 cm³/mol. The Morgan fingerprint density at radius 1 is 0.955 bits per heavy atom. The molecule has 1 aliphatic heterocycles. The molecule has 1 fully saturated rings. The number of hydrogen-bond acceptors (Lipinski definition) is 3. The van der Waals surface area contributed by atoms with Gasteiger partial charge in [0.05, 0.1) is 0 Å². The Morgan fingerprint density at radius 2 is 1.50 bits per heavy atom. The lowest BCUT2D eigenvalue weighted by atomic mass is 9.86. The van der Waals surface area contributed by atoms with Gasteiger partial charge in [-0.25, -0.2) is 0 Å². The predicted octanol–water partition coefficient (Wildman–Crippen LogP) is 2.62. The van der Waals surface area contributed by atoms with E-state index in [1.165, 1.54) is 5.69 Å². The minimum Gasteiger partial charge on any atom is -0.371 e. The molecule has 0 aliphatic carbocycles. The van der Waals surface area contributed by atoms with E-state index < -0.39 is 5.54 Å². The number of para-hydroxylation sites is 2. The summed E-state index contributed by atoms with van der Waals surface area (Å²) >= 11 is 0. The van der Waals surface area contributed by atoms with Crippen LogP contribution in [0.2, 0.25) is 0 Å². The highest BCUT2D eigenvalue weighted by molar-refractivity contribution is 5.88. The van der Waals surface area contributed by atoms with E-state index in [0.717, 1.165) is 18.8 Å². The topological polar surface area (TPSA) is 58.4 Å². The molecule has 4 heteroatoms. The van der Waals surface area contributed by atoms with Crippen LogP contribution in [0, 0.1) is 0 Å². The van der Waals surface area contributed by atoms with Gasteiger partial charge in [0.15, 0.2) is 0 Å². The Balaban J connectivity index is 1.74. The molecule has 0 aromatic heterocycles. The van der Waals surface area contributed by atoms with Crippen molar-refractivity contribution in [1.29, 1.82) is 0 Å². The van der Waals surface area contributed by atoms with Gasteiger partial charge in [0.25, 0.3) is 0 Å². The molecule has 3 N–H and O–H groups in total. The highest BCUT2D eigenvalue weighted by atomic mass is 16.1. The molecule has 22 heavy (non-hydrogen) atoms. The molecule has 0 spiro atoms. The van der Waals surface area contributed by atoms with E-state index in [9.17, 15) is 4.79 Å². The smallest absolute Gasteiger partial charge is 0.243 e. The summed E-state index contributed by atoms with van der Waals surface area (Å²) in [5.74, 6) is -0.274. The van der Waals surface area contributed by atoms with E-state index in [0.29, 0.717) is 12.8 Å². The number of hydrogen-bond donors (Lipinski definition) is 2. The fourth-order valence-electron chi connectivity index (χ4n) is 3.02. The molecule has 2 aromatic rings. The van der Waals surface area contributed by atoms with Crippen molar-refractivity contribution in [3.05, 3.63) is 60.7 Å². The van der Waals surface area contributed by atoms with Crippen molar-refractivity contribution in [2.75, 3.05) is 23.3 Å². The van der Waals surface area contributed by atoms with Crippen molar-refractivity contribution in [1.82, 2.24) is 0 Å². The highest BCUT2D eigenvalue weighted by Crippen LogP contribution is 2.29. The quantitative estimate of drug-likeness (QED) is 0.911. The first-order chi connectivity index (χ1) is 10.7. The van der Waals surface area contributed by atoms with Crippen molar-refractivity contribution in [3.63, 3.8) is 0 Å². The summed E-state index contributed by atoms with van der Waals surface area (Å²) in [6.07, 6.45) is 1.40. The van der Waals surface area contributed by atoms with Crippen LogP contribution in [0.1, 0.15) is 12.8 Å². The van der Waals surface area contributed by atoms with E-state index in [4.69, 9.17) is 5.73 Å². The van der Waals surface area contributed by atoms with E-state index >= 15 is 0 Å². The number of nitrogens with two attached hydrogens (primary N) is 1. The SMILES string of the molecule is NC(=O)C1(Nc2ccccc2)CCN(c2ccccc2)CC1. The van der Waals surface area contributed by atoms with Crippen LogP contribution in [0.5, 0.6) is 0 Å². The lowest BCUT2D eigenvalue weighted by Gasteiger charge is -2.41. The molecular formula is C18H21N3O. The molecule has 4 nitrogen and oxygen atoms in total. The molecule has 1 heterocycles. The van der Waals surface area contributed by atoms with Gasteiger partial charge in [-0.2, -0.15) is 0 Å². The monoisotopic (exact) mass is 295 g/mol. The third kappa shape index (κ3) is 2.91. The Kier molecular flexibility index (Phi) is 4.00. The molecule has 0 atom stereocenters. The molecule has 3 rings (SSSR count). The molecule has 0 saturated carbocycles. The fraction of sp³-hybridized carbons (Fsp3) is 0.278. The van der Waals surface area contributed by atoms with Crippen LogP contribution in [-0.2, 0) is 4.79 Å². The summed E-state index contributed by atoms with van der Waals surface area (Å²) in [4.78, 5) is 14.4. The van der Waals surface area contributed by atoms with E-state index in [2.05, 4.69) is 22.3 Å². The first kappa shape index (κ1) is 14.4. The van der Waals surface area contributed by atoms with Gasteiger partial charge in [0.2, 0.25) is 5.91 Å². The van der Waals surface area contributed by atoms with E-state index in [1.54, 1.807) is 0 Å². The van der Waals surface area contributed by atoms with Gasteiger partial charge in [-0.15, -0.1) is 0 Å². The second-order valence-electron chi connectivity index (χ2n) is 5.76. The molecule has 0 bridgehead atoms. The first-order valence-corrected chi connectivity index (χ1v) is 7.63. The number of carbonyl (C=O) groups excluding carboxylic acids is 1. The Bertz CT molecular complexity index is 619. The number of primary amides is 1. The zero-order valence-corrected chi connectivity index (χ0v) is 12.5. The molecule has 1 saturated heterocycles. The number of amides is 1. The van der Waals surface area contributed by atoms with Gasteiger partial charge >= 0.3 is 0 Å². The van der Waals surface area contributed by atoms with Crippen LogP contribution in [-0.4, -0.2) is 24.5 Å². The van der Waals surface area contributed by atoms with Crippen LogP contribution < -0.4 is 16.0 Å². The van der Waals surface area contributed by atoms with E-state index in [1.807, 2.05) is 48.5 Å². The van der Waals surface area contributed by atoms with E-state index in [-0.39, 0.29) is 5.91 Å². The number of carbonyl (C=O) groups is 1. The average molecular weight is 295 g/mol. The first-order valence-electron chi connectivity index (χ1n) is 7.63. The summed E-state index contributed by atoms with van der Waals surface area (Å²) in [7, 11) is 0. The van der Waals surface area contributed by atoms with Gasteiger partial charge in [0, 0.05) is 24.5 Å². The number of benzene rings is 2. The third-order valence-corrected chi connectivity index (χ3v) is 4.37. The van der Waals surface area contributed by atoms with Crippen molar-refractivity contribution in [2.24, 2.45) is 5.73 Å². The average Bonchev–Trinajstić information content (AvgIpc) is 2.57. The normalized spacial score (nSPS) is 17.0. The number of rotatable bonds is 4. The number of piperidine rings is 1. The summed E-state index contributed by atoms with van der Waals surface area (Å²) in [5, 5.41) is 3.36. The van der Waals surface area contributed by atoms with Crippen LogP contribution in [0.4, 0.5) is 11.4 Å². The molecular weight excluding hydrogens is 274 g/mol. The molecule has 2 aromatic carbocycles. The molecule has 1 amide bonds. The van der Waals surface area contributed by atoms with Crippen LogP contribution in [0.15, 0.2) is 60.7 Å². The van der Waals surface area contributed by atoms with Gasteiger partial charge in [0.1, 0.15) is 5.54 Å². The maximum atomic E-state index is 12.1. The minimum atomic E-state index is -0.660. The Labute approximate surface area is 130 Å². The largest absolute Gasteiger partial charge is 0.371 e. The zero-order chi connectivity index (χ0) is 15.4. The molecule has 1 aliphatic rings. The summed E-state index contributed by atoms with van der Waals surface area (Å²) in [5.41, 5.74) is 7.19. The summed E-state index contributed by atoms with van der Waals surface area (Å²) < 4.78 is 0. The third-order valence-electron chi connectivity index (χ3n) is 4.37. The second kappa shape index (κ2) is 6.10. The van der Waals surface area contributed by atoms with Crippen molar-refractivity contribution in [2.45, 2.75) is 18.4 Å². The van der Waals surface area contributed by atoms with Crippen molar-refractivity contribution < 1.29 is 4.79 Å². The summed E-state index contributed by atoms with van der Waals surface area (Å²) in [6, 6.07) is 20.1. The van der Waals surface area contributed by atoms with Gasteiger partial charge in [-0.3, -0.25) is 4.79 Å². The van der Waals surface area contributed by atoms with Crippen LogP contribution in [0.3, 0.4) is 0 Å². The minimum absolute atomic E-state index is 0.274. The second-order valence-corrected chi connectivity index (χ2v) is 5.76. The van der Waals surface area contributed by atoms with Gasteiger partial charge in [-0.1, -0.05) is 36.4 Å². The summed E-state index contributed by atoms with van der Waals surface area (Å²) in [6.45, 7) is 1.62. The lowest BCUT2D eigenvalue weighted by Crippen LogP contribution is -2.57. The lowest BCUT2D eigenvalue weighted by molar-refractivity contribution is -0.122. The highest BCUT2D eigenvalue weighted by Gasteiger charge is 2.39. The molecule has 0 radical (unpaired) electrons. The maximum absolute atomic E-state index is 12.1. The Morgan fingerprint density at radius 3 is 2.05 bits per heavy atom. The molecule has 114 valence electrons. The van der Waals surface area contributed by atoms with Crippen LogP contribution in [0.25, 0.3) is 0 Å². The van der Waals surface area contributed by atoms with Crippen molar-refractivity contribution in [3.8, 4) is 0 Å². The molecule has 0 unspecified atom stereocenters. The maximum Gasteiger partial charge on any atom is 0.243 e.